The molecule has 3 aromatic rings. The van der Waals surface area contributed by atoms with E-state index in [4.69, 9.17) is 21.1 Å². The number of H-pyrrole nitrogens is 1. The Morgan fingerprint density at radius 1 is 1.19 bits per heavy atom. The molecule has 0 aliphatic rings. The van der Waals surface area contributed by atoms with Crippen molar-refractivity contribution in [3.63, 3.8) is 0 Å². The fraction of sp³-hybridized carbons (Fsp3) is 0.318. The van der Waals surface area contributed by atoms with Crippen molar-refractivity contribution in [1.29, 1.82) is 0 Å². The smallest absolute Gasteiger partial charge is 0.380 e. The summed E-state index contributed by atoms with van der Waals surface area (Å²) in [4.78, 5) is 25.8. The quantitative estimate of drug-likeness (QED) is 0.262. The number of nitrogens with one attached hydrogen (secondary N) is 1. The SMILES string of the molecule is COCCOCC(c1c[nH]c2cccc(Cc3ccccc3Cl)c12)C(C(=O)O)[N+](=O)[O-]. The second kappa shape index (κ2) is 10.4. The molecule has 0 fully saturated rings. The average molecular weight is 447 g/mol. The first-order valence-corrected chi connectivity index (χ1v) is 10.1. The van der Waals surface area contributed by atoms with Crippen LogP contribution in [0.15, 0.2) is 48.7 Å². The van der Waals surface area contributed by atoms with E-state index in [0.29, 0.717) is 23.6 Å². The van der Waals surface area contributed by atoms with Gasteiger partial charge in [-0.3, -0.25) is 10.1 Å². The van der Waals surface area contributed by atoms with Gasteiger partial charge in [0.15, 0.2) is 0 Å². The maximum atomic E-state index is 11.8. The summed E-state index contributed by atoms with van der Waals surface area (Å²) in [5, 5.41) is 22.6. The minimum Gasteiger partial charge on any atom is -0.476 e. The molecule has 1 aromatic heterocycles. The van der Waals surface area contributed by atoms with Gasteiger partial charge < -0.3 is 19.6 Å². The highest BCUT2D eigenvalue weighted by Gasteiger charge is 2.41. The second-order valence-corrected chi connectivity index (χ2v) is 7.50. The molecule has 3 rings (SSSR count). The van der Waals surface area contributed by atoms with Crippen LogP contribution in [0.2, 0.25) is 5.02 Å². The number of methoxy groups -OCH3 is 1. The van der Waals surface area contributed by atoms with E-state index >= 15 is 0 Å². The van der Waals surface area contributed by atoms with E-state index in [1.54, 1.807) is 12.3 Å². The maximum Gasteiger partial charge on any atom is 0.380 e. The Balaban J connectivity index is 2.07. The van der Waals surface area contributed by atoms with E-state index < -0.39 is 22.9 Å². The number of carbonyl (C=O) groups is 1. The van der Waals surface area contributed by atoms with Crippen LogP contribution in [0.4, 0.5) is 0 Å². The van der Waals surface area contributed by atoms with E-state index in [0.717, 1.165) is 22.0 Å². The van der Waals surface area contributed by atoms with Crippen LogP contribution in [0.5, 0.6) is 0 Å². The van der Waals surface area contributed by atoms with Crippen molar-refractivity contribution in [2.45, 2.75) is 18.4 Å². The molecule has 31 heavy (non-hydrogen) atoms. The van der Waals surface area contributed by atoms with Crippen molar-refractivity contribution in [2.24, 2.45) is 0 Å². The van der Waals surface area contributed by atoms with Gasteiger partial charge in [-0.25, -0.2) is 4.79 Å². The molecule has 2 unspecified atom stereocenters. The highest BCUT2D eigenvalue weighted by molar-refractivity contribution is 6.31. The van der Waals surface area contributed by atoms with Gasteiger partial charge in [0.05, 0.1) is 25.7 Å². The number of aliphatic carboxylic acids is 1. The summed E-state index contributed by atoms with van der Waals surface area (Å²) < 4.78 is 10.5. The zero-order valence-electron chi connectivity index (χ0n) is 16.9. The minimum atomic E-state index is -1.85. The molecule has 164 valence electrons. The number of ether oxygens (including phenoxy) is 2. The van der Waals surface area contributed by atoms with Crippen molar-refractivity contribution < 1.29 is 24.3 Å². The van der Waals surface area contributed by atoms with Gasteiger partial charge in [-0.15, -0.1) is 0 Å². The summed E-state index contributed by atoms with van der Waals surface area (Å²) in [6.07, 6.45) is 2.12. The molecular formula is C22H23ClN2O6. The molecule has 0 bridgehead atoms. The van der Waals surface area contributed by atoms with Crippen molar-refractivity contribution in [1.82, 2.24) is 4.98 Å². The highest BCUT2D eigenvalue weighted by Crippen LogP contribution is 2.34. The zero-order valence-corrected chi connectivity index (χ0v) is 17.7. The van der Waals surface area contributed by atoms with Crippen LogP contribution in [-0.4, -0.2) is 54.0 Å². The van der Waals surface area contributed by atoms with Crippen LogP contribution in [0.1, 0.15) is 22.6 Å². The number of carboxylic acids is 1. The van der Waals surface area contributed by atoms with Crippen LogP contribution in [0.3, 0.4) is 0 Å². The molecule has 0 aliphatic heterocycles. The third-order valence-corrected chi connectivity index (χ3v) is 5.52. The van der Waals surface area contributed by atoms with E-state index in [1.165, 1.54) is 7.11 Å². The van der Waals surface area contributed by atoms with E-state index in [-0.39, 0.29) is 13.2 Å². The van der Waals surface area contributed by atoms with Gasteiger partial charge in [0.1, 0.15) is 0 Å². The molecular weight excluding hydrogens is 424 g/mol. The van der Waals surface area contributed by atoms with Gasteiger partial charge in [-0.05, 0) is 35.2 Å². The molecule has 0 spiro atoms. The predicted octanol–water partition coefficient (Wildman–Crippen LogP) is 3.89. The number of aromatic nitrogens is 1. The topological polar surface area (TPSA) is 115 Å². The minimum absolute atomic E-state index is 0.130. The van der Waals surface area contributed by atoms with Crippen LogP contribution in [-0.2, 0) is 20.7 Å². The van der Waals surface area contributed by atoms with Crippen LogP contribution in [0, 0.1) is 10.1 Å². The molecule has 0 radical (unpaired) electrons. The first-order chi connectivity index (χ1) is 14.9. The van der Waals surface area contributed by atoms with Crippen molar-refractivity contribution >= 4 is 28.5 Å². The number of nitrogens with zero attached hydrogens (tertiary/aromatic N) is 1. The number of benzene rings is 2. The Hall–Kier alpha value is -2.94. The van der Waals surface area contributed by atoms with Crippen LogP contribution in [0.25, 0.3) is 10.9 Å². The summed E-state index contributed by atoms with van der Waals surface area (Å²) in [5.74, 6) is -2.51. The summed E-state index contributed by atoms with van der Waals surface area (Å²) >= 11 is 6.33. The lowest BCUT2D eigenvalue weighted by molar-refractivity contribution is -0.515. The molecule has 1 heterocycles. The van der Waals surface area contributed by atoms with Crippen molar-refractivity contribution in [3.05, 3.63) is 80.5 Å². The number of aromatic amines is 1. The van der Waals surface area contributed by atoms with Gasteiger partial charge in [0.2, 0.25) is 0 Å². The maximum absolute atomic E-state index is 11.8. The lowest BCUT2D eigenvalue weighted by Gasteiger charge is -2.19. The predicted molar refractivity (Wildman–Crippen MR) is 116 cm³/mol. The fourth-order valence-corrected chi connectivity index (χ4v) is 3.89. The molecule has 2 atom stereocenters. The normalized spacial score (nSPS) is 13.2. The van der Waals surface area contributed by atoms with Gasteiger partial charge >= 0.3 is 12.0 Å². The Kier molecular flexibility index (Phi) is 7.62. The number of halogens is 1. The number of rotatable bonds is 11. The monoisotopic (exact) mass is 446 g/mol. The molecule has 0 saturated heterocycles. The first-order valence-electron chi connectivity index (χ1n) is 9.69. The molecule has 0 aliphatic carbocycles. The summed E-state index contributed by atoms with van der Waals surface area (Å²) in [6.45, 7) is 0.370. The Bertz CT molecular complexity index is 1050. The van der Waals surface area contributed by atoms with E-state index in [1.807, 2.05) is 36.4 Å². The third kappa shape index (κ3) is 5.22. The fourth-order valence-electron chi connectivity index (χ4n) is 3.69. The molecule has 0 amide bonds. The zero-order chi connectivity index (χ0) is 22.4. The molecule has 2 N–H and O–H groups in total. The van der Waals surface area contributed by atoms with E-state index in [9.17, 15) is 20.0 Å². The van der Waals surface area contributed by atoms with Gasteiger partial charge in [0.25, 0.3) is 0 Å². The summed E-state index contributed by atoms with van der Waals surface area (Å²) in [6, 6.07) is 11.2. The largest absolute Gasteiger partial charge is 0.476 e. The Morgan fingerprint density at radius 3 is 2.61 bits per heavy atom. The van der Waals surface area contributed by atoms with E-state index in [2.05, 4.69) is 4.98 Å². The lowest BCUT2D eigenvalue weighted by Crippen LogP contribution is -2.38. The number of fused-ring (bicyclic) bond motifs is 1. The van der Waals surface area contributed by atoms with Gasteiger partial charge in [0, 0.05) is 34.2 Å². The van der Waals surface area contributed by atoms with Crippen molar-refractivity contribution in [3.8, 4) is 0 Å². The Labute approximate surface area is 183 Å². The molecule has 0 saturated carbocycles. The molecule has 8 nitrogen and oxygen atoms in total. The molecule has 9 heteroatoms. The number of carboxylic acid groups (broad SMARTS) is 1. The summed E-state index contributed by atoms with van der Waals surface area (Å²) in [7, 11) is 1.51. The lowest BCUT2D eigenvalue weighted by atomic mass is 9.89. The number of hydrogen-bond donors (Lipinski definition) is 2. The third-order valence-electron chi connectivity index (χ3n) is 5.15. The molecule has 2 aromatic carbocycles. The average Bonchev–Trinajstić information content (AvgIpc) is 3.16. The Morgan fingerprint density at radius 2 is 1.94 bits per heavy atom. The second-order valence-electron chi connectivity index (χ2n) is 7.09. The number of hydrogen-bond acceptors (Lipinski definition) is 5. The standard InChI is InChI=1S/C22H23ClN2O6/c1-30-9-10-31-13-17(21(22(26)27)25(28)29)16-12-24-19-8-4-6-15(20(16)19)11-14-5-2-3-7-18(14)23/h2-8,12,17,21,24H,9-11,13H2,1H3,(H,26,27). The first kappa shape index (κ1) is 22.7. The van der Waals surface area contributed by atoms with Crippen molar-refractivity contribution in [2.75, 3.05) is 26.9 Å². The van der Waals surface area contributed by atoms with Gasteiger partial charge in [-0.1, -0.05) is 41.9 Å². The van der Waals surface area contributed by atoms with Crippen LogP contribution < -0.4 is 0 Å². The number of nitro groups is 1. The van der Waals surface area contributed by atoms with Crippen LogP contribution >= 0.6 is 11.6 Å². The van der Waals surface area contributed by atoms with Gasteiger partial charge in [-0.2, -0.15) is 0 Å². The summed E-state index contributed by atoms with van der Waals surface area (Å²) in [5.41, 5.74) is 3.07. The highest BCUT2D eigenvalue weighted by atomic mass is 35.5.